The molecule has 0 heterocycles. The van der Waals surface area contributed by atoms with E-state index in [4.69, 9.17) is 0 Å². The Morgan fingerprint density at radius 3 is 2.40 bits per heavy atom. The topological polar surface area (TPSA) is 43.1 Å². The van der Waals surface area contributed by atoms with Crippen molar-refractivity contribution in [1.82, 2.24) is 0 Å². The fraction of sp³-hybridized carbons (Fsp3) is 0.385. The summed E-state index contributed by atoms with van der Waals surface area (Å²) in [7, 11) is 0. The number of allylic oxidation sites excluding steroid dienone is 1. The highest BCUT2D eigenvalue weighted by Gasteiger charge is 2.31. The lowest BCUT2D eigenvalue weighted by Gasteiger charge is -2.08. The Bertz CT molecular complexity index is 536. The molecule has 0 aliphatic carbocycles. The van der Waals surface area contributed by atoms with E-state index in [9.17, 15) is 27.7 Å². The van der Waals surface area contributed by atoms with Crippen LogP contribution in [0.2, 0.25) is 0 Å². The predicted octanol–water partition coefficient (Wildman–Crippen LogP) is 4.51. The lowest BCUT2D eigenvalue weighted by Crippen LogP contribution is -2.06. The molecule has 0 spiro atoms. The van der Waals surface area contributed by atoms with Crippen LogP contribution in [0.4, 0.5) is 17.6 Å². The van der Waals surface area contributed by atoms with Crippen LogP contribution < -0.4 is 0 Å². The highest BCUT2D eigenvalue weighted by Crippen LogP contribution is 2.31. The number of nitro groups is 1. The van der Waals surface area contributed by atoms with Crippen molar-refractivity contribution in [2.45, 2.75) is 26.4 Å². The lowest BCUT2D eigenvalue weighted by atomic mass is 10.0. The number of benzene rings is 1. The van der Waals surface area contributed by atoms with E-state index in [2.05, 4.69) is 0 Å². The van der Waals surface area contributed by atoms with Crippen molar-refractivity contribution in [3.05, 3.63) is 51.0 Å². The molecule has 7 heteroatoms. The van der Waals surface area contributed by atoms with Crippen molar-refractivity contribution in [3.63, 3.8) is 0 Å². The Balaban J connectivity index is 3.24. The zero-order valence-corrected chi connectivity index (χ0v) is 10.9. The second-order valence-electron chi connectivity index (χ2n) is 4.76. The van der Waals surface area contributed by atoms with Crippen LogP contribution in [0.25, 0.3) is 6.08 Å². The summed E-state index contributed by atoms with van der Waals surface area (Å²) in [6.45, 7) is 3.48. The average Bonchev–Trinajstić information content (AvgIpc) is 2.25. The van der Waals surface area contributed by atoms with E-state index in [0.29, 0.717) is 12.1 Å². The number of hydrogen-bond acceptors (Lipinski definition) is 2. The van der Waals surface area contributed by atoms with Gasteiger partial charge in [-0.1, -0.05) is 13.8 Å². The molecule has 0 aromatic heterocycles. The first kappa shape index (κ1) is 16.1. The Kier molecular flexibility index (Phi) is 4.86. The maximum absolute atomic E-state index is 13.2. The van der Waals surface area contributed by atoms with Crippen molar-refractivity contribution in [3.8, 4) is 0 Å². The first-order valence-corrected chi connectivity index (χ1v) is 5.82. The van der Waals surface area contributed by atoms with E-state index >= 15 is 0 Å². The molecule has 0 saturated heterocycles. The molecule has 0 amide bonds. The zero-order chi connectivity index (χ0) is 15.5. The molecule has 1 aromatic rings. The molecule has 1 aromatic carbocycles. The highest BCUT2D eigenvalue weighted by molar-refractivity contribution is 5.52. The van der Waals surface area contributed by atoms with Gasteiger partial charge in [-0.15, -0.1) is 0 Å². The van der Waals surface area contributed by atoms with Crippen LogP contribution in [-0.4, -0.2) is 4.92 Å². The van der Waals surface area contributed by atoms with Crippen molar-refractivity contribution in [2.24, 2.45) is 5.92 Å². The smallest absolute Gasteiger partial charge is 0.259 e. The minimum absolute atomic E-state index is 0.0395. The number of rotatable bonds is 4. The van der Waals surface area contributed by atoms with Gasteiger partial charge in [-0.3, -0.25) is 10.1 Å². The van der Waals surface area contributed by atoms with Gasteiger partial charge in [-0.05, 0) is 29.7 Å². The second-order valence-corrected chi connectivity index (χ2v) is 4.76. The number of halogens is 4. The van der Waals surface area contributed by atoms with Crippen molar-refractivity contribution < 1.29 is 22.5 Å². The molecule has 0 unspecified atom stereocenters. The molecule has 0 fully saturated rings. The summed E-state index contributed by atoms with van der Waals surface area (Å²) < 4.78 is 50.8. The lowest BCUT2D eigenvalue weighted by molar-refractivity contribution is -0.427. The first-order valence-electron chi connectivity index (χ1n) is 5.82. The summed E-state index contributed by atoms with van der Waals surface area (Å²) in [4.78, 5) is 10.2. The first-order chi connectivity index (χ1) is 9.09. The average molecular weight is 291 g/mol. The molecule has 0 radical (unpaired) electrons. The van der Waals surface area contributed by atoms with E-state index in [1.165, 1.54) is 0 Å². The zero-order valence-electron chi connectivity index (χ0n) is 10.9. The van der Waals surface area contributed by atoms with Gasteiger partial charge in [-0.2, -0.15) is 13.2 Å². The fourth-order valence-corrected chi connectivity index (χ4v) is 1.66. The molecule has 0 saturated carbocycles. The van der Waals surface area contributed by atoms with Crippen LogP contribution >= 0.6 is 0 Å². The number of alkyl halides is 3. The molecule has 3 nitrogen and oxygen atoms in total. The third-order valence-corrected chi connectivity index (χ3v) is 2.43. The maximum atomic E-state index is 13.2. The molecular formula is C13H13F4NO2. The van der Waals surface area contributed by atoms with Crippen LogP contribution in [0.15, 0.2) is 23.9 Å². The molecule has 20 heavy (non-hydrogen) atoms. The molecule has 0 aliphatic heterocycles. The second kappa shape index (κ2) is 6.02. The van der Waals surface area contributed by atoms with Gasteiger partial charge in [0.05, 0.1) is 10.5 Å². The van der Waals surface area contributed by atoms with E-state index in [1.807, 2.05) is 0 Å². The Morgan fingerprint density at radius 2 is 1.95 bits per heavy atom. The Hall–Kier alpha value is -1.92. The fourth-order valence-electron chi connectivity index (χ4n) is 1.66. The summed E-state index contributed by atoms with van der Waals surface area (Å²) in [5.41, 5.74) is -1.60. The summed E-state index contributed by atoms with van der Waals surface area (Å²) in [5.74, 6) is -1.12. The van der Waals surface area contributed by atoms with E-state index in [1.54, 1.807) is 13.8 Å². The van der Waals surface area contributed by atoms with E-state index < -0.39 is 22.5 Å². The van der Waals surface area contributed by atoms with Crippen molar-refractivity contribution in [2.75, 3.05) is 0 Å². The quantitative estimate of drug-likeness (QED) is 0.465. The van der Waals surface area contributed by atoms with Crippen LogP contribution in [0.1, 0.15) is 31.4 Å². The van der Waals surface area contributed by atoms with Gasteiger partial charge in [0.1, 0.15) is 5.82 Å². The van der Waals surface area contributed by atoms with Gasteiger partial charge < -0.3 is 0 Å². The normalized spacial score (nSPS) is 12.8. The minimum atomic E-state index is -4.70. The molecular weight excluding hydrogens is 278 g/mol. The van der Waals surface area contributed by atoms with Crippen LogP contribution in [0, 0.1) is 21.8 Å². The molecule has 110 valence electrons. The summed E-state index contributed by atoms with van der Waals surface area (Å²) in [5, 5.41) is 10.8. The van der Waals surface area contributed by atoms with Gasteiger partial charge in [0.15, 0.2) is 0 Å². The Morgan fingerprint density at radius 1 is 1.35 bits per heavy atom. The summed E-state index contributed by atoms with van der Waals surface area (Å²) >= 11 is 0. The van der Waals surface area contributed by atoms with Crippen molar-refractivity contribution >= 4 is 6.08 Å². The number of hydrogen-bond donors (Lipinski definition) is 0. The van der Waals surface area contributed by atoms with Gasteiger partial charge >= 0.3 is 6.18 Å². The molecule has 0 N–H and O–H groups in total. The SMILES string of the molecule is CC(C)C/C(=C/c1cc(F)cc(C(F)(F)F)c1)[N+](=O)[O-]. The molecule has 0 aliphatic rings. The van der Waals surface area contributed by atoms with Crippen LogP contribution in [0.3, 0.4) is 0 Å². The van der Waals surface area contributed by atoms with Gasteiger partial charge in [0.25, 0.3) is 0 Å². The standard InChI is InChI=1S/C13H13F4NO2/c1-8(2)3-12(18(19)20)6-9-4-10(13(15,16)17)7-11(14)5-9/h4-8H,3H2,1-2H3/b12-6-. The van der Waals surface area contributed by atoms with E-state index in [0.717, 1.165) is 12.1 Å². The third kappa shape index (κ3) is 4.64. The third-order valence-electron chi connectivity index (χ3n) is 2.43. The maximum Gasteiger partial charge on any atom is 0.416 e. The Labute approximate surface area is 113 Å². The summed E-state index contributed by atoms with van der Waals surface area (Å²) in [6, 6.07) is 1.87. The highest BCUT2D eigenvalue weighted by atomic mass is 19.4. The largest absolute Gasteiger partial charge is 0.416 e. The van der Waals surface area contributed by atoms with E-state index in [-0.39, 0.29) is 23.6 Å². The van der Waals surface area contributed by atoms with Gasteiger partial charge in [0.2, 0.25) is 5.70 Å². The minimum Gasteiger partial charge on any atom is -0.259 e. The molecule has 0 atom stereocenters. The monoisotopic (exact) mass is 291 g/mol. The predicted molar refractivity (Wildman–Crippen MR) is 65.8 cm³/mol. The number of nitrogens with zero attached hydrogens (tertiary/aromatic N) is 1. The van der Waals surface area contributed by atoms with Gasteiger partial charge in [-0.25, -0.2) is 4.39 Å². The molecule has 0 bridgehead atoms. The van der Waals surface area contributed by atoms with Crippen molar-refractivity contribution in [1.29, 1.82) is 0 Å². The molecule has 1 rings (SSSR count). The van der Waals surface area contributed by atoms with Gasteiger partial charge in [0, 0.05) is 12.5 Å². The van der Waals surface area contributed by atoms with Crippen LogP contribution in [0.5, 0.6) is 0 Å². The summed E-state index contributed by atoms with van der Waals surface area (Å²) in [6.07, 6.45) is -3.64. The van der Waals surface area contributed by atoms with Crippen LogP contribution in [-0.2, 0) is 6.18 Å².